The molecule has 1 heterocycles. The third-order valence-corrected chi connectivity index (χ3v) is 12.8. The van der Waals surface area contributed by atoms with Gasteiger partial charge in [-0.25, -0.2) is 15.0 Å². The van der Waals surface area contributed by atoms with Crippen molar-refractivity contribution in [2.75, 3.05) is 26.4 Å². The van der Waals surface area contributed by atoms with Crippen LogP contribution in [0.15, 0.2) is 54.6 Å². The molecule has 9 heteroatoms. The van der Waals surface area contributed by atoms with Gasteiger partial charge in [-0.3, -0.25) is 0 Å². The Morgan fingerprint density at radius 3 is 1.15 bits per heavy atom. The maximum Gasteiger partial charge on any atom is 0.314 e. The molecular formula is C58H89N3O6. The molecule has 2 N–H and O–H groups in total. The van der Waals surface area contributed by atoms with Crippen molar-refractivity contribution in [1.29, 1.82) is 0 Å². The Kier molecular flexibility index (Phi) is 26.6. The maximum absolute atomic E-state index is 12.1. The normalized spacial score (nSPS) is 12.2. The lowest BCUT2D eigenvalue weighted by Crippen LogP contribution is -2.53. The number of hydrogen-bond donors (Lipinski definition) is 2. The van der Waals surface area contributed by atoms with Crippen molar-refractivity contribution in [3.8, 4) is 45.7 Å². The van der Waals surface area contributed by atoms with Crippen molar-refractivity contribution in [2.24, 2.45) is 0 Å². The highest BCUT2D eigenvalue weighted by molar-refractivity contribution is 5.72. The monoisotopic (exact) mass is 924 g/mol. The third-order valence-electron chi connectivity index (χ3n) is 12.8. The third kappa shape index (κ3) is 19.9. The molecular weight excluding hydrogens is 835 g/mol. The van der Waals surface area contributed by atoms with Gasteiger partial charge in [-0.05, 0) is 70.2 Å². The van der Waals surface area contributed by atoms with Gasteiger partial charge in [-0.15, -0.1) is 0 Å². The summed E-state index contributed by atoms with van der Waals surface area (Å²) >= 11 is 0. The van der Waals surface area contributed by atoms with Crippen molar-refractivity contribution in [3.05, 3.63) is 76.9 Å². The summed E-state index contributed by atoms with van der Waals surface area (Å²) in [6.07, 6.45) is 27.0. The quantitative estimate of drug-likeness (QED) is 0.0337. The Hall–Kier alpha value is -3.89. The zero-order valence-electron chi connectivity index (χ0n) is 42.9. The molecule has 0 aliphatic rings. The van der Waals surface area contributed by atoms with Gasteiger partial charge >= 0.3 is 5.97 Å². The molecule has 0 saturated carbocycles. The van der Waals surface area contributed by atoms with Crippen molar-refractivity contribution in [1.82, 2.24) is 15.0 Å². The van der Waals surface area contributed by atoms with E-state index in [2.05, 4.69) is 72.7 Å². The zero-order valence-corrected chi connectivity index (χ0v) is 42.9. The van der Waals surface area contributed by atoms with Gasteiger partial charge in [0.05, 0.1) is 25.4 Å². The second-order valence-electron chi connectivity index (χ2n) is 19.0. The molecule has 0 bridgehead atoms. The van der Waals surface area contributed by atoms with Gasteiger partial charge in [-0.2, -0.15) is 0 Å². The van der Waals surface area contributed by atoms with Gasteiger partial charge < -0.3 is 29.2 Å². The van der Waals surface area contributed by atoms with Gasteiger partial charge in [-0.1, -0.05) is 203 Å². The van der Waals surface area contributed by atoms with Crippen LogP contribution in [0.5, 0.6) is 11.5 Å². The number of aliphatic hydroxyl groups is 1. The minimum atomic E-state index is -1.68. The molecule has 0 saturated heterocycles. The molecule has 0 aliphatic heterocycles. The highest BCUT2D eigenvalue weighted by Gasteiger charge is 2.43. The number of aromatic hydroxyl groups is 1. The Morgan fingerprint density at radius 1 is 0.448 bits per heavy atom. The van der Waals surface area contributed by atoms with Crippen LogP contribution >= 0.6 is 0 Å². The first-order valence-corrected chi connectivity index (χ1v) is 26.6. The van der Waals surface area contributed by atoms with Crippen LogP contribution in [0.4, 0.5) is 0 Å². The van der Waals surface area contributed by atoms with E-state index in [1.54, 1.807) is 18.2 Å². The summed E-state index contributed by atoms with van der Waals surface area (Å²) in [5, 5.41) is 23.7. The minimum absolute atomic E-state index is 0.0505. The molecule has 1 atom stereocenters. The van der Waals surface area contributed by atoms with Crippen molar-refractivity contribution in [2.45, 2.75) is 215 Å². The number of phenols is 1. The first-order valence-electron chi connectivity index (χ1n) is 26.6. The largest absolute Gasteiger partial charge is 0.507 e. The van der Waals surface area contributed by atoms with Crippen LogP contribution in [0, 0.1) is 27.7 Å². The average molecular weight is 924 g/mol. The highest BCUT2D eigenvalue weighted by Crippen LogP contribution is 2.35. The number of ether oxygens (including phenoxy) is 4. The SMILES string of the molecule is CCCCCCCCCCOC(OCCCCCCCCCC)(OCCCCCCCCCC)C(O)COc1ccc(-c2nc(-c3ccc(C)cc3C)nc(-c3ccc(C)cc3C)n2)c(O)c1. The molecule has 0 spiro atoms. The summed E-state index contributed by atoms with van der Waals surface area (Å²) < 4.78 is 25.9. The molecule has 4 rings (SSSR count). The van der Waals surface area contributed by atoms with E-state index in [4.69, 9.17) is 33.9 Å². The Labute approximate surface area is 406 Å². The van der Waals surface area contributed by atoms with E-state index in [9.17, 15) is 10.2 Å². The van der Waals surface area contributed by atoms with Gasteiger partial charge in [0, 0.05) is 17.2 Å². The van der Waals surface area contributed by atoms with Crippen LogP contribution in [0.1, 0.15) is 197 Å². The molecule has 3 aromatic carbocycles. The average Bonchev–Trinajstić information content (AvgIpc) is 3.31. The summed E-state index contributed by atoms with van der Waals surface area (Å²) in [4.78, 5) is 14.8. The summed E-state index contributed by atoms with van der Waals surface area (Å²) in [5.41, 5.74) is 6.65. The summed E-state index contributed by atoms with van der Waals surface area (Å²) in [7, 11) is 0. The number of aliphatic hydroxyl groups excluding tert-OH is 1. The van der Waals surface area contributed by atoms with E-state index >= 15 is 0 Å². The van der Waals surface area contributed by atoms with Crippen LogP contribution in [0.3, 0.4) is 0 Å². The van der Waals surface area contributed by atoms with E-state index in [1.807, 2.05) is 12.1 Å². The number of nitrogens with zero attached hydrogens (tertiary/aromatic N) is 3. The van der Waals surface area contributed by atoms with E-state index < -0.39 is 12.1 Å². The van der Waals surface area contributed by atoms with E-state index in [0.717, 1.165) is 91.2 Å². The second-order valence-corrected chi connectivity index (χ2v) is 19.0. The molecule has 0 radical (unpaired) electrons. The fourth-order valence-corrected chi connectivity index (χ4v) is 8.70. The van der Waals surface area contributed by atoms with Crippen molar-refractivity contribution >= 4 is 0 Å². The molecule has 9 nitrogen and oxygen atoms in total. The van der Waals surface area contributed by atoms with Gasteiger partial charge in [0.15, 0.2) is 23.6 Å². The molecule has 1 aromatic heterocycles. The smallest absolute Gasteiger partial charge is 0.314 e. The van der Waals surface area contributed by atoms with Gasteiger partial charge in [0.2, 0.25) is 0 Å². The molecule has 0 aliphatic carbocycles. The maximum atomic E-state index is 12.1. The fourth-order valence-electron chi connectivity index (χ4n) is 8.70. The summed E-state index contributed by atoms with van der Waals surface area (Å²) in [5.74, 6) is 0.0593. The zero-order chi connectivity index (χ0) is 48.1. The fraction of sp³-hybridized carbons (Fsp3) is 0.638. The van der Waals surface area contributed by atoms with Crippen LogP contribution in [0.2, 0.25) is 0 Å². The summed E-state index contributed by atoms with van der Waals surface area (Å²) in [6.45, 7) is 16.1. The number of phenolic OH excluding ortho intramolecular Hbond substituents is 1. The molecule has 372 valence electrons. The van der Waals surface area contributed by atoms with Crippen LogP contribution in [0.25, 0.3) is 34.2 Å². The second kappa shape index (κ2) is 32.0. The standard InChI is InChI=1S/C58H89N3O6/c1-8-11-14-17-20-23-26-29-38-65-58(66-39-30-27-24-21-18-15-12-9-2,67-40-31-28-25-22-19-16-13-10-3)54(63)44-64-49-34-37-52(53(62)43-49)57-60-55(50-35-32-45(4)41-47(50)6)59-56(61-57)51-36-33-46(5)42-48(51)7/h32-37,41-43,54,62-63H,8-31,38-40,44H2,1-7H3. The first-order chi connectivity index (χ1) is 32.6. The van der Waals surface area contributed by atoms with Crippen LogP contribution in [-0.2, 0) is 14.2 Å². The lowest BCUT2D eigenvalue weighted by Gasteiger charge is -2.37. The van der Waals surface area contributed by atoms with Crippen molar-refractivity contribution in [3.63, 3.8) is 0 Å². The highest BCUT2D eigenvalue weighted by atomic mass is 16.9. The predicted molar refractivity (Wildman–Crippen MR) is 277 cm³/mol. The number of unbranched alkanes of at least 4 members (excludes halogenated alkanes) is 21. The lowest BCUT2D eigenvalue weighted by molar-refractivity contribution is -0.415. The Bertz CT molecular complexity index is 1840. The number of aryl methyl sites for hydroxylation is 4. The van der Waals surface area contributed by atoms with Gasteiger partial charge in [0.1, 0.15) is 18.1 Å². The number of aromatic nitrogens is 3. The predicted octanol–water partition coefficient (Wildman–Crippen LogP) is 15.7. The van der Waals surface area contributed by atoms with E-state index in [-0.39, 0.29) is 12.4 Å². The van der Waals surface area contributed by atoms with Crippen molar-refractivity contribution < 1.29 is 29.2 Å². The minimum Gasteiger partial charge on any atom is -0.507 e. The Morgan fingerprint density at radius 2 is 0.791 bits per heavy atom. The summed E-state index contributed by atoms with van der Waals surface area (Å²) in [6, 6.07) is 17.5. The Balaban J connectivity index is 1.54. The molecule has 0 fully saturated rings. The topological polar surface area (TPSA) is 116 Å². The van der Waals surface area contributed by atoms with Crippen LogP contribution in [-0.4, -0.2) is 63.7 Å². The molecule has 0 amide bonds. The van der Waals surface area contributed by atoms with E-state index in [1.165, 1.54) is 96.3 Å². The number of rotatable bonds is 37. The van der Waals surface area contributed by atoms with E-state index in [0.29, 0.717) is 48.6 Å². The molecule has 67 heavy (non-hydrogen) atoms. The number of benzene rings is 3. The molecule has 1 unspecified atom stereocenters. The molecule has 4 aromatic rings. The lowest BCUT2D eigenvalue weighted by atomic mass is 10.0. The first kappa shape index (κ1) is 55.7. The van der Waals surface area contributed by atoms with Gasteiger partial charge in [0.25, 0.3) is 0 Å². The number of hydrogen-bond acceptors (Lipinski definition) is 9. The van der Waals surface area contributed by atoms with Crippen LogP contribution < -0.4 is 4.74 Å².